The molecule has 0 fully saturated rings. The molecule has 2 aromatic carbocycles. The number of hydrogen-bond donors (Lipinski definition) is 2. The van der Waals surface area contributed by atoms with E-state index < -0.39 is 12.6 Å². The Bertz CT molecular complexity index is 938. The van der Waals surface area contributed by atoms with E-state index in [2.05, 4.69) is 17.2 Å². The van der Waals surface area contributed by atoms with Crippen molar-refractivity contribution in [1.29, 1.82) is 0 Å². The Morgan fingerprint density at radius 1 is 1.14 bits per heavy atom. The van der Waals surface area contributed by atoms with E-state index in [-0.39, 0.29) is 6.03 Å². The number of carboxylic acid groups (broad SMARTS) is 1. The van der Waals surface area contributed by atoms with Crippen LogP contribution >= 0.6 is 11.3 Å². The molecule has 2 amide bonds. The van der Waals surface area contributed by atoms with Crippen molar-refractivity contribution in [3.8, 4) is 5.75 Å². The molecule has 0 saturated carbocycles. The second-order valence-electron chi connectivity index (χ2n) is 6.45. The van der Waals surface area contributed by atoms with Gasteiger partial charge in [0.1, 0.15) is 5.75 Å². The third-order valence-electron chi connectivity index (χ3n) is 4.25. The van der Waals surface area contributed by atoms with Crippen molar-refractivity contribution in [2.75, 3.05) is 23.4 Å². The molecular formula is C21H23N3O4S. The minimum Gasteiger partial charge on any atom is -0.482 e. The molecule has 0 spiro atoms. The molecule has 2 N–H and O–H groups in total. The van der Waals surface area contributed by atoms with Crippen LogP contribution in [0.4, 0.5) is 15.6 Å². The number of hydrogen-bond acceptors (Lipinski definition) is 5. The summed E-state index contributed by atoms with van der Waals surface area (Å²) >= 11 is 1.43. The van der Waals surface area contributed by atoms with Crippen LogP contribution in [0.15, 0.2) is 48.5 Å². The van der Waals surface area contributed by atoms with Crippen LogP contribution in [-0.4, -0.2) is 35.2 Å². The van der Waals surface area contributed by atoms with Gasteiger partial charge in [0.25, 0.3) is 0 Å². The van der Waals surface area contributed by atoms with Gasteiger partial charge in [-0.25, -0.2) is 14.6 Å². The average Bonchev–Trinajstić information content (AvgIpc) is 3.12. The fraction of sp³-hybridized carbons (Fsp3) is 0.286. The zero-order valence-electron chi connectivity index (χ0n) is 16.1. The van der Waals surface area contributed by atoms with Crippen LogP contribution in [0.1, 0.15) is 26.2 Å². The number of anilines is 2. The van der Waals surface area contributed by atoms with Crippen LogP contribution in [0.5, 0.6) is 5.75 Å². The van der Waals surface area contributed by atoms with Gasteiger partial charge in [-0.3, -0.25) is 10.2 Å². The van der Waals surface area contributed by atoms with Crippen LogP contribution < -0.4 is 15.0 Å². The summed E-state index contributed by atoms with van der Waals surface area (Å²) in [6.45, 7) is 2.28. The van der Waals surface area contributed by atoms with Crippen LogP contribution in [0.3, 0.4) is 0 Å². The van der Waals surface area contributed by atoms with Crippen molar-refractivity contribution in [2.24, 2.45) is 0 Å². The molecular weight excluding hydrogens is 390 g/mol. The Morgan fingerprint density at radius 2 is 1.90 bits per heavy atom. The number of carbonyl (C=O) groups is 2. The molecule has 0 aliphatic heterocycles. The van der Waals surface area contributed by atoms with Gasteiger partial charge in [-0.2, -0.15) is 0 Å². The topological polar surface area (TPSA) is 91.8 Å². The predicted molar refractivity (Wildman–Crippen MR) is 115 cm³/mol. The summed E-state index contributed by atoms with van der Waals surface area (Å²) in [6, 6.07) is 14.3. The molecule has 0 aliphatic rings. The number of ether oxygens (including phenoxy) is 1. The third-order valence-corrected chi connectivity index (χ3v) is 5.20. The smallest absolute Gasteiger partial charge is 0.341 e. The molecule has 8 heteroatoms. The van der Waals surface area contributed by atoms with E-state index >= 15 is 0 Å². The molecule has 29 heavy (non-hydrogen) atoms. The summed E-state index contributed by atoms with van der Waals surface area (Å²) in [4.78, 5) is 29.7. The van der Waals surface area contributed by atoms with Crippen molar-refractivity contribution in [1.82, 2.24) is 4.98 Å². The van der Waals surface area contributed by atoms with Gasteiger partial charge in [0.05, 0.1) is 10.2 Å². The van der Waals surface area contributed by atoms with E-state index in [1.807, 2.05) is 24.3 Å². The van der Waals surface area contributed by atoms with E-state index in [0.29, 0.717) is 23.1 Å². The van der Waals surface area contributed by atoms with Crippen molar-refractivity contribution >= 4 is 44.4 Å². The molecule has 0 atom stereocenters. The molecule has 3 rings (SSSR count). The molecule has 1 heterocycles. The number of carbonyl (C=O) groups excluding carboxylic acids is 1. The summed E-state index contributed by atoms with van der Waals surface area (Å²) in [5, 5.41) is 12.2. The SMILES string of the molecule is CCCCCN(C(=O)Nc1nc2ccccc2s1)c1ccc(OCC(=O)O)cc1. The summed E-state index contributed by atoms with van der Waals surface area (Å²) in [5.74, 6) is -0.596. The van der Waals surface area contributed by atoms with E-state index in [4.69, 9.17) is 9.84 Å². The van der Waals surface area contributed by atoms with E-state index in [1.54, 1.807) is 29.2 Å². The minimum atomic E-state index is -1.04. The third kappa shape index (κ3) is 5.68. The number of para-hydroxylation sites is 1. The number of urea groups is 1. The number of benzene rings is 2. The zero-order chi connectivity index (χ0) is 20.6. The lowest BCUT2D eigenvalue weighted by atomic mass is 10.2. The van der Waals surface area contributed by atoms with Gasteiger partial charge in [-0.1, -0.05) is 43.2 Å². The van der Waals surface area contributed by atoms with Gasteiger partial charge in [0, 0.05) is 12.2 Å². The number of unbranched alkanes of at least 4 members (excludes halogenated alkanes) is 2. The van der Waals surface area contributed by atoms with Gasteiger partial charge >= 0.3 is 12.0 Å². The molecule has 152 valence electrons. The fourth-order valence-corrected chi connectivity index (χ4v) is 3.68. The summed E-state index contributed by atoms with van der Waals surface area (Å²) < 4.78 is 6.18. The summed E-state index contributed by atoms with van der Waals surface area (Å²) in [6.07, 6.45) is 2.95. The predicted octanol–water partition coefficient (Wildman–Crippen LogP) is 4.99. The highest BCUT2D eigenvalue weighted by Crippen LogP contribution is 2.27. The quantitative estimate of drug-likeness (QED) is 0.482. The number of nitrogens with one attached hydrogen (secondary N) is 1. The highest BCUT2D eigenvalue weighted by atomic mass is 32.1. The number of nitrogens with zero attached hydrogens (tertiary/aromatic N) is 2. The van der Waals surface area contributed by atoms with Crippen molar-refractivity contribution in [3.63, 3.8) is 0 Å². The Kier molecular flexibility index (Phi) is 7.02. The number of aliphatic carboxylic acids is 1. The normalized spacial score (nSPS) is 10.7. The first kappa shape index (κ1) is 20.6. The Balaban J connectivity index is 1.74. The van der Waals surface area contributed by atoms with Gasteiger partial charge in [0.2, 0.25) is 0 Å². The summed E-state index contributed by atoms with van der Waals surface area (Å²) in [7, 11) is 0. The van der Waals surface area contributed by atoms with Gasteiger partial charge < -0.3 is 9.84 Å². The first-order valence-electron chi connectivity index (χ1n) is 9.45. The zero-order valence-corrected chi connectivity index (χ0v) is 16.9. The second kappa shape index (κ2) is 9.88. The molecule has 0 bridgehead atoms. The summed E-state index contributed by atoms with van der Waals surface area (Å²) in [5.41, 5.74) is 1.56. The van der Waals surface area contributed by atoms with E-state index in [0.717, 1.165) is 29.5 Å². The lowest BCUT2D eigenvalue weighted by Crippen LogP contribution is -2.35. The van der Waals surface area contributed by atoms with E-state index in [9.17, 15) is 9.59 Å². The van der Waals surface area contributed by atoms with Crippen LogP contribution in [-0.2, 0) is 4.79 Å². The van der Waals surface area contributed by atoms with Gasteiger partial charge in [0.15, 0.2) is 11.7 Å². The molecule has 0 unspecified atom stereocenters. The number of thiazole rings is 1. The first-order valence-corrected chi connectivity index (χ1v) is 10.3. The number of aromatic nitrogens is 1. The van der Waals surface area contributed by atoms with Gasteiger partial charge in [-0.15, -0.1) is 0 Å². The molecule has 0 aliphatic carbocycles. The molecule has 0 radical (unpaired) electrons. The minimum absolute atomic E-state index is 0.251. The number of amides is 2. The lowest BCUT2D eigenvalue weighted by molar-refractivity contribution is -0.139. The van der Waals surface area contributed by atoms with Crippen molar-refractivity contribution in [3.05, 3.63) is 48.5 Å². The maximum atomic E-state index is 13.0. The average molecular weight is 413 g/mol. The molecule has 0 saturated heterocycles. The number of carboxylic acids is 1. The van der Waals surface area contributed by atoms with Crippen molar-refractivity contribution in [2.45, 2.75) is 26.2 Å². The largest absolute Gasteiger partial charge is 0.482 e. The van der Waals surface area contributed by atoms with Crippen LogP contribution in [0.25, 0.3) is 10.2 Å². The molecule has 1 aromatic heterocycles. The highest BCUT2D eigenvalue weighted by molar-refractivity contribution is 7.22. The Labute approximate surface area is 172 Å². The standard InChI is InChI=1S/C21H23N3O4S/c1-2-3-6-13-24(15-9-11-16(12-10-15)28-14-19(25)26)21(27)23-20-22-17-7-4-5-8-18(17)29-20/h4-5,7-12H,2-3,6,13-14H2,1H3,(H,25,26)(H,22,23,27). The Morgan fingerprint density at radius 3 is 2.59 bits per heavy atom. The monoisotopic (exact) mass is 413 g/mol. The Hall–Kier alpha value is -3.13. The lowest BCUT2D eigenvalue weighted by Gasteiger charge is -2.23. The molecule has 7 nitrogen and oxygen atoms in total. The second-order valence-corrected chi connectivity index (χ2v) is 7.48. The number of rotatable bonds is 9. The maximum Gasteiger partial charge on any atom is 0.341 e. The first-order chi connectivity index (χ1) is 14.1. The number of fused-ring (bicyclic) bond motifs is 1. The van der Waals surface area contributed by atoms with E-state index in [1.165, 1.54) is 11.3 Å². The van der Waals surface area contributed by atoms with Gasteiger partial charge in [-0.05, 0) is 42.8 Å². The van der Waals surface area contributed by atoms with Crippen molar-refractivity contribution < 1.29 is 19.4 Å². The maximum absolute atomic E-state index is 13.0. The fourth-order valence-electron chi connectivity index (χ4n) is 2.82. The highest BCUT2D eigenvalue weighted by Gasteiger charge is 2.17. The van der Waals surface area contributed by atoms with Crippen LogP contribution in [0, 0.1) is 0 Å². The molecule has 3 aromatic rings. The van der Waals surface area contributed by atoms with Crippen LogP contribution in [0.2, 0.25) is 0 Å².